The summed E-state index contributed by atoms with van der Waals surface area (Å²) in [5.74, 6) is 0.646. The molecule has 0 aliphatic heterocycles. The van der Waals surface area contributed by atoms with Crippen molar-refractivity contribution in [3.63, 3.8) is 0 Å². The monoisotopic (exact) mass is 340 g/mol. The van der Waals surface area contributed by atoms with Crippen LogP contribution in [0.15, 0.2) is 42.5 Å². The number of carbonyl (C=O) groups is 1. The second kappa shape index (κ2) is 6.81. The average Bonchev–Trinajstić information content (AvgIpc) is 2.66. The van der Waals surface area contributed by atoms with Gasteiger partial charge in [-0.3, -0.25) is 4.79 Å². The van der Waals surface area contributed by atoms with E-state index in [1.165, 1.54) is 33.5 Å². The molecule has 128 valence electrons. The third kappa shape index (κ3) is 2.67. The van der Waals surface area contributed by atoms with Crippen LogP contribution in [0.25, 0.3) is 21.9 Å². The fourth-order valence-corrected chi connectivity index (χ4v) is 3.02. The van der Waals surface area contributed by atoms with E-state index in [9.17, 15) is 9.18 Å². The lowest BCUT2D eigenvalue weighted by atomic mass is 9.92. The third-order valence-corrected chi connectivity index (χ3v) is 4.13. The Balaban J connectivity index is 2.56. The second-order valence-electron chi connectivity index (χ2n) is 5.36. The number of benzene rings is 3. The lowest BCUT2D eigenvalue weighted by Crippen LogP contribution is -2.01. The molecule has 0 heterocycles. The zero-order chi connectivity index (χ0) is 18.0. The van der Waals surface area contributed by atoms with Gasteiger partial charge in [0.15, 0.2) is 17.8 Å². The fourth-order valence-electron chi connectivity index (χ4n) is 3.02. The molecular weight excluding hydrogens is 323 g/mol. The van der Waals surface area contributed by atoms with Crippen molar-refractivity contribution in [2.24, 2.45) is 0 Å². The Morgan fingerprint density at radius 2 is 1.60 bits per heavy atom. The number of hydrogen-bond donors (Lipinski definition) is 0. The van der Waals surface area contributed by atoms with Crippen LogP contribution in [0.1, 0.15) is 10.4 Å². The SMILES string of the molecule is COc1cc2ccccc2c(-c2c(OC)ccc(F)c2C=O)c1OC. The van der Waals surface area contributed by atoms with Crippen LogP contribution in [0.3, 0.4) is 0 Å². The normalized spacial score (nSPS) is 10.6. The van der Waals surface area contributed by atoms with Gasteiger partial charge in [-0.15, -0.1) is 0 Å². The first-order valence-electron chi connectivity index (χ1n) is 7.62. The minimum atomic E-state index is -0.625. The largest absolute Gasteiger partial charge is 0.496 e. The van der Waals surface area contributed by atoms with E-state index < -0.39 is 5.82 Å². The Kier molecular flexibility index (Phi) is 4.57. The van der Waals surface area contributed by atoms with E-state index >= 15 is 0 Å². The van der Waals surface area contributed by atoms with Crippen molar-refractivity contribution in [1.82, 2.24) is 0 Å². The minimum Gasteiger partial charge on any atom is -0.496 e. The first-order chi connectivity index (χ1) is 12.2. The Morgan fingerprint density at radius 3 is 2.24 bits per heavy atom. The average molecular weight is 340 g/mol. The van der Waals surface area contributed by atoms with Gasteiger partial charge < -0.3 is 14.2 Å². The molecule has 0 radical (unpaired) electrons. The molecule has 0 aromatic heterocycles. The summed E-state index contributed by atoms with van der Waals surface area (Å²) in [6, 6.07) is 12.1. The smallest absolute Gasteiger partial charge is 0.169 e. The van der Waals surface area contributed by atoms with Gasteiger partial charge >= 0.3 is 0 Å². The van der Waals surface area contributed by atoms with Crippen molar-refractivity contribution in [3.05, 3.63) is 53.8 Å². The summed E-state index contributed by atoms with van der Waals surface area (Å²) in [4.78, 5) is 11.6. The molecule has 5 heteroatoms. The highest BCUT2D eigenvalue weighted by molar-refractivity contribution is 6.06. The van der Waals surface area contributed by atoms with Crippen LogP contribution in [0.2, 0.25) is 0 Å². The van der Waals surface area contributed by atoms with Gasteiger partial charge in [0.05, 0.1) is 26.9 Å². The summed E-state index contributed by atoms with van der Waals surface area (Å²) in [5.41, 5.74) is 0.802. The summed E-state index contributed by atoms with van der Waals surface area (Å²) >= 11 is 0. The van der Waals surface area contributed by atoms with Crippen molar-refractivity contribution in [2.45, 2.75) is 0 Å². The molecule has 0 saturated carbocycles. The Hall–Kier alpha value is -3.08. The van der Waals surface area contributed by atoms with Crippen LogP contribution in [-0.4, -0.2) is 27.6 Å². The Bertz CT molecular complexity index is 950. The molecule has 3 aromatic carbocycles. The number of aldehydes is 1. The number of methoxy groups -OCH3 is 3. The molecule has 0 spiro atoms. The first-order valence-corrected chi connectivity index (χ1v) is 7.62. The topological polar surface area (TPSA) is 44.8 Å². The maximum atomic E-state index is 14.3. The van der Waals surface area contributed by atoms with Crippen molar-refractivity contribution < 1.29 is 23.4 Å². The molecule has 3 aromatic rings. The van der Waals surface area contributed by atoms with Crippen molar-refractivity contribution in [3.8, 4) is 28.4 Å². The number of halogens is 1. The maximum absolute atomic E-state index is 14.3. The van der Waals surface area contributed by atoms with Gasteiger partial charge in [0, 0.05) is 11.1 Å². The highest BCUT2D eigenvalue weighted by atomic mass is 19.1. The molecule has 0 aliphatic carbocycles. The molecule has 4 nitrogen and oxygen atoms in total. The molecule has 0 amide bonds. The maximum Gasteiger partial charge on any atom is 0.169 e. The summed E-state index contributed by atoms with van der Waals surface area (Å²) in [6.45, 7) is 0. The van der Waals surface area contributed by atoms with Crippen LogP contribution in [0.5, 0.6) is 17.2 Å². The lowest BCUT2D eigenvalue weighted by Gasteiger charge is -2.19. The molecule has 0 bridgehead atoms. The van der Waals surface area contributed by atoms with Gasteiger partial charge in [-0.05, 0) is 29.0 Å². The van der Waals surface area contributed by atoms with Crippen LogP contribution >= 0.6 is 0 Å². The summed E-state index contributed by atoms with van der Waals surface area (Å²) in [5, 5.41) is 1.67. The quantitative estimate of drug-likeness (QED) is 0.642. The second-order valence-corrected chi connectivity index (χ2v) is 5.36. The van der Waals surface area contributed by atoms with E-state index in [0.717, 1.165) is 10.8 Å². The molecule has 0 aliphatic rings. The molecule has 3 rings (SSSR count). The van der Waals surface area contributed by atoms with Gasteiger partial charge in [-0.25, -0.2) is 4.39 Å². The fraction of sp³-hybridized carbons (Fsp3) is 0.150. The standard InChI is InChI=1S/C20H17FO4/c1-23-16-9-8-15(21)14(11-22)18(16)19-13-7-5-4-6-12(13)10-17(24-2)20(19)25-3/h4-11H,1-3H3. The van der Waals surface area contributed by atoms with Gasteiger partial charge in [-0.1, -0.05) is 24.3 Å². The molecule has 0 fully saturated rings. The number of ether oxygens (including phenoxy) is 3. The predicted molar refractivity (Wildman–Crippen MR) is 94.4 cm³/mol. The van der Waals surface area contributed by atoms with Crippen LogP contribution in [0, 0.1) is 5.82 Å². The Labute approximate surface area is 144 Å². The van der Waals surface area contributed by atoms with Crippen LogP contribution in [-0.2, 0) is 0 Å². The summed E-state index contributed by atoms with van der Waals surface area (Å²) in [7, 11) is 4.50. The summed E-state index contributed by atoms with van der Waals surface area (Å²) in [6.07, 6.45) is 0.487. The predicted octanol–water partition coefficient (Wildman–Crippen LogP) is 4.48. The van der Waals surface area contributed by atoms with Crippen molar-refractivity contribution in [1.29, 1.82) is 0 Å². The molecule has 25 heavy (non-hydrogen) atoms. The van der Waals surface area contributed by atoms with Crippen molar-refractivity contribution >= 4 is 17.1 Å². The number of hydrogen-bond acceptors (Lipinski definition) is 4. The van der Waals surface area contributed by atoms with E-state index in [2.05, 4.69) is 0 Å². The van der Waals surface area contributed by atoms with E-state index in [-0.39, 0.29) is 5.56 Å². The Morgan fingerprint density at radius 1 is 0.880 bits per heavy atom. The highest BCUT2D eigenvalue weighted by Gasteiger charge is 2.24. The minimum absolute atomic E-state index is 0.0870. The van der Waals surface area contributed by atoms with E-state index in [4.69, 9.17) is 14.2 Å². The zero-order valence-electron chi connectivity index (χ0n) is 14.1. The molecular formula is C20H17FO4. The zero-order valence-corrected chi connectivity index (χ0v) is 14.1. The van der Waals surface area contributed by atoms with Gasteiger partial charge in [-0.2, -0.15) is 0 Å². The first kappa shape index (κ1) is 16.8. The third-order valence-electron chi connectivity index (χ3n) is 4.13. The van der Waals surface area contributed by atoms with Crippen LogP contribution in [0.4, 0.5) is 4.39 Å². The van der Waals surface area contributed by atoms with Gasteiger partial charge in [0.2, 0.25) is 0 Å². The molecule has 0 atom stereocenters. The van der Waals surface area contributed by atoms with E-state index in [1.807, 2.05) is 30.3 Å². The van der Waals surface area contributed by atoms with Crippen molar-refractivity contribution in [2.75, 3.05) is 21.3 Å². The lowest BCUT2D eigenvalue weighted by molar-refractivity contribution is 0.112. The van der Waals surface area contributed by atoms with Gasteiger partial charge in [0.1, 0.15) is 11.6 Å². The van der Waals surface area contributed by atoms with Gasteiger partial charge in [0.25, 0.3) is 0 Å². The van der Waals surface area contributed by atoms with E-state index in [1.54, 1.807) is 0 Å². The number of fused-ring (bicyclic) bond motifs is 1. The number of rotatable bonds is 5. The van der Waals surface area contributed by atoms with E-state index in [0.29, 0.717) is 34.7 Å². The molecule has 0 unspecified atom stereocenters. The molecule has 0 saturated heterocycles. The van der Waals surface area contributed by atoms with Crippen LogP contribution < -0.4 is 14.2 Å². The number of carbonyl (C=O) groups excluding carboxylic acids is 1. The highest BCUT2D eigenvalue weighted by Crippen LogP contribution is 2.48. The molecule has 0 N–H and O–H groups in total. The summed E-state index contributed by atoms with van der Waals surface area (Å²) < 4.78 is 30.7.